The van der Waals surface area contributed by atoms with Gasteiger partial charge < -0.3 is 15.2 Å². The Balaban J connectivity index is 2.09. The molecule has 0 amide bonds. The first-order valence-electron chi connectivity index (χ1n) is 5.85. The molecule has 0 bridgehead atoms. The van der Waals surface area contributed by atoms with E-state index in [0.717, 1.165) is 12.8 Å². The number of hydrogen-bond donors (Lipinski definition) is 2. The first-order valence-corrected chi connectivity index (χ1v) is 6.22. The van der Waals surface area contributed by atoms with Gasteiger partial charge in [-0.25, -0.2) is 0 Å². The average Bonchev–Trinajstić information content (AvgIpc) is 2.34. The van der Waals surface area contributed by atoms with E-state index < -0.39 is 5.79 Å². The van der Waals surface area contributed by atoms with Gasteiger partial charge in [0, 0.05) is 6.07 Å². The summed E-state index contributed by atoms with van der Waals surface area (Å²) in [6.45, 7) is 4.81. The number of thiol groups is 1. The molecule has 0 aromatic carbocycles. The SMILES string of the molecule is CC(C)(OS)OCCCCOc1cccc(N)n1. The van der Waals surface area contributed by atoms with Crippen molar-refractivity contribution in [1.29, 1.82) is 0 Å². The highest BCUT2D eigenvalue weighted by Crippen LogP contribution is 2.13. The minimum absolute atomic E-state index is 0.462. The first-order chi connectivity index (χ1) is 8.53. The van der Waals surface area contributed by atoms with Gasteiger partial charge in [0.15, 0.2) is 5.79 Å². The Labute approximate surface area is 113 Å². The van der Waals surface area contributed by atoms with Crippen LogP contribution in [0.15, 0.2) is 18.2 Å². The van der Waals surface area contributed by atoms with Crippen LogP contribution in [-0.4, -0.2) is 24.0 Å². The van der Waals surface area contributed by atoms with Crippen molar-refractivity contribution in [3.63, 3.8) is 0 Å². The van der Waals surface area contributed by atoms with E-state index in [1.54, 1.807) is 12.1 Å². The number of aromatic nitrogens is 1. The third-order valence-corrected chi connectivity index (χ3v) is 2.64. The molecule has 6 heteroatoms. The van der Waals surface area contributed by atoms with Gasteiger partial charge in [0.1, 0.15) is 5.82 Å². The largest absolute Gasteiger partial charge is 0.478 e. The summed E-state index contributed by atoms with van der Waals surface area (Å²) in [4.78, 5) is 4.04. The van der Waals surface area contributed by atoms with Gasteiger partial charge in [-0.3, -0.25) is 4.18 Å². The van der Waals surface area contributed by atoms with Gasteiger partial charge in [0.2, 0.25) is 5.88 Å². The molecule has 0 saturated heterocycles. The van der Waals surface area contributed by atoms with Crippen LogP contribution in [0, 0.1) is 0 Å². The summed E-state index contributed by atoms with van der Waals surface area (Å²) in [7, 11) is 0. The summed E-state index contributed by atoms with van der Waals surface area (Å²) in [5, 5.41) is 0. The summed E-state index contributed by atoms with van der Waals surface area (Å²) < 4.78 is 15.8. The highest BCUT2D eigenvalue weighted by Gasteiger charge is 2.16. The zero-order valence-corrected chi connectivity index (χ0v) is 11.7. The Kier molecular flexibility index (Phi) is 6.24. The second-order valence-corrected chi connectivity index (χ2v) is 4.48. The molecule has 0 aliphatic heterocycles. The lowest BCUT2D eigenvalue weighted by molar-refractivity contribution is -0.145. The highest BCUT2D eigenvalue weighted by molar-refractivity contribution is 7.75. The summed E-state index contributed by atoms with van der Waals surface area (Å²) in [5.41, 5.74) is 5.54. The zero-order chi connectivity index (χ0) is 13.4. The first kappa shape index (κ1) is 15.1. The van der Waals surface area contributed by atoms with Crippen molar-refractivity contribution >= 4 is 18.7 Å². The molecule has 0 unspecified atom stereocenters. The fourth-order valence-electron chi connectivity index (χ4n) is 1.24. The Bertz CT molecular complexity index is 361. The Morgan fingerprint density at radius 1 is 1.28 bits per heavy atom. The van der Waals surface area contributed by atoms with E-state index in [1.807, 2.05) is 19.9 Å². The van der Waals surface area contributed by atoms with E-state index in [4.69, 9.17) is 19.4 Å². The van der Waals surface area contributed by atoms with E-state index in [9.17, 15) is 0 Å². The van der Waals surface area contributed by atoms with Crippen LogP contribution in [0.5, 0.6) is 5.88 Å². The van der Waals surface area contributed by atoms with Crippen LogP contribution in [0.4, 0.5) is 5.82 Å². The lowest BCUT2D eigenvalue weighted by Crippen LogP contribution is -2.25. The van der Waals surface area contributed by atoms with Gasteiger partial charge in [0.05, 0.1) is 13.2 Å². The molecule has 18 heavy (non-hydrogen) atoms. The monoisotopic (exact) mass is 272 g/mol. The predicted molar refractivity (Wildman–Crippen MR) is 73.5 cm³/mol. The van der Waals surface area contributed by atoms with E-state index in [0.29, 0.717) is 24.9 Å². The van der Waals surface area contributed by atoms with Crippen molar-refractivity contribution in [2.75, 3.05) is 18.9 Å². The minimum atomic E-state index is -0.653. The molecular formula is C12H20N2O3S. The van der Waals surface area contributed by atoms with Crippen LogP contribution in [0.3, 0.4) is 0 Å². The van der Waals surface area contributed by atoms with Gasteiger partial charge in [0.25, 0.3) is 0 Å². The van der Waals surface area contributed by atoms with Gasteiger partial charge in [-0.05, 0) is 45.7 Å². The van der Waals surface area contributed by atoms with Crippen LogP contribution in [-0.2, 0) is 8.92 Å². The third-order valence-electron chi connectivity index (χ3n) is 2.20. The quantitative estimate of drug-likeness (QED) is 0.329. The zero-order valence-electron chi connectivity index (χ0n) is 10.8. The second kappa shape index (κ2) is 7.45. The number of nitrogens with two attached hydrogens (primary N) is 1. The smallest absolute Gasteiger partial charge is 0.215 e. The van der Waals surface area contributed by atoms with Crippen molar-refractivity contribution in [1.82, 2.24) is 4.98 Å². The van der Waals surface area contributed by atoms with E-state index >= 15 is 0 Å². The van der Waals surface area contributed by atoms with Gasteiger partial charge in [-0.1, -0.05) is 6.07 Å². The number of hydrogen-bond acceptors (Lipinski definition) is 6. The maximum Gasteiger partial charge on any atom is 0.215 e. The van der Waals surface area contributed by atoms with Crippen LogP contribution in [0.2, 0.25) is 0 Å². The standard InChI is InChI=1S/C12H20N2O3S/c1-12(2,17-18)16-9-4-3-8-15-11-7-5-6-10(13)14-11/h5-7,18H,3-4,8-9H2,1-2H3,(H2,13,14). The van der Waals surface area contributed by atoms with E-state index in [2.05, 4.69) is 17.9 Å². The molecule has 102 valence electrons. The molecule has 1 aromatic rings. The van der Waals surface area contributed by atoms with Crippen LogP contribution in [0.25, 0.3) is 0 Å². The van der Waals surface area contributed by atoms with Gasteiger partial charge >= 0.3 is 0 Å². The Morgan fingerprint density at radius 2 is 2.00 bits per heavy atom. The maximum absolute atomic E-state index is 5.54. The molecule has 0 atom stereocenters. The average molecular weight is 272 g/mol. The molecule has 1 heterocycles. The summed E-state index contributed by atoms with van der Waals surface area (Å²) in [5.74, 6) is 0.359. The third kappa shape index (κ3) is 6.09. The topological polar surface area (TPSA) is 66.6 Å². The molecule has 0 aliphatic rings. The molecule has 0 fully saturated rings. The van der Waals surface area contributed by atoms with Crippen molar-refractivity contribution < 1.29 is 13.7 Å². The van der Waals surface area contributed by atoms with Crippen molar-refractivity contribution in [3.05, 3.63) is 18.2 Å². The Hall–Kier alpha value is -0.980. The number of nitrogen functional groups attached to an aromatic ring is 1. The predicted octanol–water partition coefficient (Wildman–Crippen LogP) is 2.44. The van der Waals surface area contributed by atoms with Crippen molar-refractivity contribution in [2.24, 2.45) is 0 Å². The molecule has 0 spiro atoms. The molecule has 0 radical (unpaired) electrons. The minimum Gasteiger partial charge on any atom is -0.478 e. The van der Waals surface area contributed by atoms with Gasteiger partial charge in [-0.2, -0.15) is 4.98 Å². The number of unbranched alkanes of at least 4 members (excludes halogenated alkanes) is 1. The fourth-order valence-corrected chi connectivity index (χ4v) is 1.29. The Morgan fingerprint density at radius 3 is 2.67 bits per heavy atom. The number of anilines is 1. The van der Waals surface area contributed by atoms with Crippen molar-refractivity contribution in [2.45, 2.75) is 32.5 Å². The molecular weight excluding hydrogens is 252 g/mol. The number of nitrogens with zero attached hydrogens (tertiary/aromatic N) is 1. The molecule has 2 N–H and O–H groups in total. The molecule has 0 aliphatic carbocycles. The molecule has 0 saturated carbocycles. The van der Waals surface area contributed by atoms with Crippen molar-refractivity contribution in [3.8, 4) is 5.88 Å². The maximum atomic E-state index is 5.54. The van der Waals surface area contributed by atoms with Crippen LogP contribution in [0.1, 0.15) is 26.7 Å². The van der Waals surface area contributed by atoms with E-state index in [1.165, 1.54) is 0 Å². The highest BCUT2D eigenvalue weighted by atomic mass is 32.1. The van der Waals surface area contributed by atoms with E-state index in [-0.39, 0.29) is 0 Å². The summed E-state index contributed by atoms with van der Waals surface area (Å²) in [6.07, 6.45) is 1.75. The number of ether oxygens (including phenoxy) is 2. The second-order valence-electron chi connectivity index (χ2n) is 4.30. The lowest BCUT2D eigenvalue weighted by Gasteiger charge is -2.21. The number of rotatable bonds is 8. The van der Waals surface area contributed by atoms with Crippen LogP contribution >= 0.6 is 12.9 Å². The molecule has 1 aromatic heterocycles. The fraction of sp³-hybridized carbons (Fsp3) is 0.583. The summed E-state index contributed by atoms with van der Waals surface area (Å²) >= 11 is 3.73. The lowest BCUT2D eigenvalue weighted by atomic mass is 10.3. The normalized spacial score (nSPS) is 11.5. The number of pyridine rings is 1. The summed E-state index contributed by atoms with van der Waals surface area (Å²) in [6, 6.07) is 5.32. The van der Waals surface area contributed by atoms with Gasteiger partial charge in [-0.15, -0.1) is 0 Å². The molecule has 1 rings (SSSR count). The molecule has 5 nitrogen and oxygen atoms in total. The van der Waals surface area contributed by atoms with Crippen LogP contribution < -0.4 is 10.5 Å².